The van der Waals surface area contributed by atoms with Gasteiger partial charge in [0.05, 0.1) is 6.61 Å². The zero-order valence-electron chi connectivity index (χ0n) is 8.23. The number of rotatable bonds is 5. The molecule has 0 spiro atoms. The second-order valence-corrected chi connectivity index (χ2v) is 4.60. The van der Waals surface area contributed by atoms with Gasteiger partial charge in [0.15, 0.2) is 0 Å². The van der Waals surface area contributed by atoms with E-state index in [1.165, 1.54) is 0 Å². The van der Waals surface area contributed by atoms with Crippen molar-refractivity contribution >= 4 is 10.3 Å². The summed E-state index contributed by atoms with van der Waals surface area (Å²) in [7, 11) is -3.79. The van der Waals surface area contributed by atoms with Gasteiger partial charge < -0.3 is 0 Å². The first kappa shape index (κ1) is 12.6. The Morgan fingerprint density at radius 3 is 2.23 bits per heavy atom. The number of nitrogens with two attached hydrogens (primary N) is 1. The van der Waals surface area contributed by atoms with E-state index in [2.05, 4.69) is 9.32 Å². The molecule has 0 aliphatic carbocycles. The van der Waals surface area contributed by atoms with Crippen LogP contribution in [0, 0.1) is 11.8 Å². The standard InChI is InChI=1S/C8H17NO3S/c1-7(2)4-5-8(3)6-12-13(9,10)11/h4-5,7-8H,6H2,1-3H3,(H2,9,10,11). The highest BCUT2D eigenvalue weighted by molar-refractivity contribution is 7.84. The fourth-order valence-corrected chi connectivity index (χ4v) is 1.07. The van der Waals surface area contributed by atoms with Crippen molar-refractivity contribution in [3.8, 4) is 0 Å². The van der Waals surface area contributed by atoms with Crippen LogP contribution >= 0.6 is 0 Å². The molecule has 13 heavy (non-hydrogen) atoms. The average molecular weight is 207 g/mol. The van der Waals surface area contributed by atoms with Crippen molar-refractivity contribution in [1.29, 1.82) is 0 Å². The Morgan fingerprint density at radius 2 is 1.85 bits per heavy atom. The third kappa shape index (κ3) is 9.52. The van der Waals surface area contributed by atoms with E-state index < -0.39 is 10.3 Å². The highest BCUT2D eigenvalue weighted by Crippen LogP contribution is 2.03. The van der Waals surface area contributed by atoms with Crippen molar-refractivity contribution in [2.45, 2.75) is 20.8 Å². The second-order valence-electron chi connectivity index (χ2n) is 3.38. The molecule has 78 valence electrons. The molecule has 0 rings (SSSR count). The van der Waals surface area contributed by atoms with Gasteiger partial charge in [0.25, 0.3) is 0 Å². The zero-order valence-corrected chi connectivity index (χ0v) is 9.04. The van der Waals surface area contributed by atoms with Crippen LogP contribution in [0.4, 0.5) is 0 Å². The summed E-state index contributed by atoms with van der Waals surface area (Å²) >= 11 is 0. The lowest BCUT2D eigenvalue weighted by Gasteiger charge is -2.05. The summed E-state index contributed by atoms with van der Waals surface area (Å²) in [4.78, 5) is 0. The fraction of sp³-hybridized carbons (Fsp3) is 0.750. The monoisotopic (exact) mass is 207 g/mol. The molecule has 0 aromatic carbocycles. The molecule has 0 aliphatic rings. The molecule has 0 saturated heterocycles. The summed E-state index contributed by atoms with van der Waals surface area (Å²) in [6, 6.07) is 0. The van der Waals surface area contributed by atoms with Crippen LogP contribution in [0.25, 0.3) is 0 Å². The predicted molar refractivity (Wildman–Crippen MR) is 52.2 cm³/mol. The van der Waals surface area contributed by atoms with Crippen LogP contribution in [0.3, 0.4) is 0 Å². The average Bonchev–Trinajstić information content (AvgIpc) is 1.95. The Balaban J connectivity index is 3.83. The molecule has 0 aromatic heterocycles. The quantitative estimate of drug-likeness (QED) is 0.685. The summed E-state index contributed by atoms with van der Waals surface area (Å²) in [6.45, 7) is 6.06. The number of hydrogen-bond donors (Lipinski definition) is 1. The SMILES string of the molecule is CC(C)C=CC(C)COS(N)(=O)=O. The van der Waals surface area contributed by atoms with Gasteiger partial charge in [-0.3, -0.25) is 4.18 Å². The summed E-state index contributed by atoms with van der Waals surface area (Å²) in [5, 5.41) is 4.67. The minimum atomic E-state index is -3.79. The van der Waals surface area contributed by atoms with Crippen molar-refractivity contribution in [1.82, 2.24) is 0 Å². The van der Waals surface area contributed by atoms with Gasteiger partial charge in [-0.1, -0.05) is 32.9 Å². The summed E-state index contributed by atoms with van der Waals surface area (Å²) in [5.41, 5.74) is 0. The van der Waals surface area contributed by atoms with Crippen molar-refractivity contribution < 1.29 is 12.6 Å². The lowest BCUT2D eigenvalue weighted by Crippen LogP contribution is -2.18. The molecule has 4 nitrogen and oxygen atoms in total. The third-order valence-electron chi connectivity index (χ3n) is 1.32. The van der Waals surface area contributed by atoms with E-state index in [0.717, 1.165) is 0 Å². The van der Waals surface area contributed by atoms with E-state index in [1.807, 2.05) is 32.9 Å². The molecule has 0 aromatic rings. The van der Waals surface area contributed by atoms with E-state index in [-0.39, 0.29) is 12.5 Å². The minimum absolute atomic E-state index is 0.0562. The molecular weight excluding hydrogens is 190 g/mol. The smallest absolute Gasteiger partial charge is 0.258 e. The predicted octanol–water partition coefficient (Wildman–Crippen LogP) is 1.05. The second kappa shape index (κ2) is 5.36. The van der Waals surface area contributed by atoms with Gasteiger partial charge in [-0.05, 0) is 11.8 Å². The Morgan fingerprint density at radius 1 is 1.31 bits per heavy atom. The fourth-order valence-electron chi connectivity index (χ4n) is 0.670. The van der Waals surface area contributed by atoms with Crippen LogP contribution in [0.2, 0.25) is 0 Å². The maximum absolute atomic E-state index is 10.4. The van der Waals surface area contributed by atoms with Crippen molar-refractivity contribution in [3.63, 3.8) is 0 Å². The summed E-state index contributed by atoms with van der Waals surface area (Å²) in [6.07, 6.45) is 3.91. The lowest BCUT2D eigenvalue weighted by atomic mass is 10.1. The van der Waals surface area contributed by atoms with Crippen LogP contribution in [0.5, 0.6) is 0 Å². The number of allylic oxidation sites excluding steroid dienone is 1. The molecule has 0 radical (unpaired) electrons. The number of hydrogen-bond acceptors (Lipinski definition) is 3. The summed E-state index contributed by atoms with van der Waals surface area (Å²) in [5.74, 6) is 0.512. The molecule has 1 unspecified atom stereocenters. The highest BCUT2D eigenvalue weighted by atomic mass is 32.2. The first-order valence-electron chi connectivity index (χ1n) is 4.16. The van der Waals surface area contributed by atoms with Crippen molar-refractivity contribution in [2.75, 3.05) is 6.61 Å². The van der Waals surface area contributed by atoms with Crippen LogP contribution in [0.1, 0.15) is 20.8 Å². The van der Waals surface area contributed by atoms with Gasteiger partial charge in [0.1, 0.15) is 0 Å². The van der Waals surface area contributed by atoms with Crippen molar-refractivity contribution in [3.05, 3.63) is 12.2 Å². The summed E-state index contributed by atoms with van der Waals surface area (Å²) < 4.78 is 25.2. The molecule has 0 heterocycles. The minimum Gasteiger partial charge on any atom is -0.258 e. The first-order chi connectivity index (χ1) is 5.81. The molecule has 0 aliphatic heterocycles. The maximum atomic E-state index is 10.4. The van der Waals surface area contributed by atoms with E-state index >= 15 is 0 Å². The zero-order chi connectivity index (χ0) is 10.5. The van der Waals surface area contributed by atoms with E-state index in [9.17, 15) is 8.42 Å². The molecule has 0 bridgehead atoms. The Bertz CT molecular complexity index is 257. The molecule has 2 N–H and O–H groups in total. The Labute approximate surface area is 80.0 Å². The molecule has 1 atom stereocenters. The lowest BCUT2D eigenvalue weighted by molar-refractivity contribution is 0.288. The van der Waals surface area contributed by atoms with Gasteiger partial charge in [-0.2, -0.15) is 8.42 Å². The largest absolute Gasteiger partial charge is 0.333 e. The third-order valence-corrected chi connectivity index (χ3v) is 1.78. The van der Waals surface area contributed by atoms with Gasteiger partial charge in [-0.25, -0.2) is 5.14 Å². The highest BCUT2D eigenvalue weighted by Gasteiger charge is 2.04. The Hall–Kier alpha value is -0.390. The van der Waals surface area contributed by atoms with Crippen molar-refractivity contribution in [2.24, 2.45) is 17.0 Å². The van der Waals surface area contributed by atoms with Crippen LogP contribution in [-0.4, -0.2) is 15.0 Å². The van der Waals surface area contributed by atoms with Gasteiger partial charge in [-0.15, -0.1) is 0 Å². The molecule has 0 amide bonds. The van der Waals surface area contributed by atoms with Crippen LogP contribution in [-0.2, 0) is 14.5 Å². The molecule has 0 saturated carbocycles. The van der Waals surface area contributed by atoms with E-state index in [0.29, 0.717) is 5.92 Å². The van der Waals surface area contributed by atoms with Gasteiger partial charge in [0, 0.05) is 0 Å². The maximum Gasteiger partial charge on any atom is 0.333 e. The molecular formula is C8H17NO3S. The van der Waals surface area contributed by atoms with E-state index in [4.69, 9.17) is 0 Å². The van der Waals surface area contributed by atoms with Crippen LogP contribution < -0.4 is 5.14 Å². The first-order valence-corrected chi connectivity index (χ1v) is 5.64. The normalized spacial score (nSPS) is 15.5. The Kier molecular flexibility index (Phi) is 5.20. The molecule has 5 heteroatoms. The van der Waals surface area contributed by atoms with Gasteiger partial charge >= 0.3 is 10.3 Å². The van der Waals surface area contributed by atoms with Gasteiger partial charge in [0.2, 0.25) is 0 Å². The molecule has 0 fully saturated rings. The topological polar surface area (TPSA) is 69.4 Å². The van der Waals surface area contributed by atoms with E-state index in [1.54, 1.807) is 0 Å². The van der Waals surface area contributed by atoms with Crippen LogP contribution in [0.15, 0.2) is 12.2 Å².